The molecular formula is C43H25N3OS. The number of hydrogen-bond acceptors (Lipinski definition) is 5. The fourth-order valence-corrected chi connectivity index (χ4v) is 7.14. The third-order valence-corrected chi connectivity index (χ3v) is 9.38. The second-order valence-corrected chi connectivity index (χ2v) is 12.1. The summed E-state index contributed by atoms with van der Waals surface area (Å²) < 4.78 is 110. The van der Waals surface area contributed by atoms with Crippen LogP contribution in [0.5, 0.6) is 0 Å². The second-order valence-electron chi connectivity index (χ2n) is 11.1. The van der Waals surface area contributed by atoms with Gasteiger partial charge >= 0.3 is 0 Å². The highest BCUT2D eigenvalue weighted by Gasteiger charge is 2.18. The van der Waals surface area contributed by atoms with Gasteiger partial charge in [-0.1, -0.05) is 115 Å². The first-order chi connectivity index (χ1) is 28.7. The lowest BCUT2D eigenvalue weighted by atomic mass is 9.97. The molecular weight excluding hydrogens is 607 g/mol. The van der Waals surface area contributed by atoms with Crippen LogP contribution in [0.2, 0.25) is 0 Å². The van der Waals surface area contributed by atoms with E-state index in [0.29, 0.717) is 10.9 Å². The topological polar surface area (TPSA) is 51.8 Å². The standard InChI is InChI=1S/C43H25N3OS/c1-2-10-26(11-3-1)41-44-42(46-43(45-41)34-16-9-19-39-40(34)33-14-5-7-18-38(33)48-39)32-15-8-12-29-24-27(20-22-30(29)32)28-21-23-37-35(25-28)31-13-4-6-17-36(31)47-37/h1-25H/i1D,2D,3D,5D,7D,9D,10D,11D,14D,16D,18D,19D. The van der Waals surface area contributed by atoms with Gasteiger partial charge in [-0.05, 0) is 58.2 Å². The van der Waals surface area contributed by atoms with Crippen LogP contribution in [0.15, 0.2) is 156 Å². The zero-order valence-electron chi connectivity index (χ0n) is 36.7. The maximum absolute atomic E-state index is 9.18. The lowest BCUT2D eigenvalue weighted by Gasteiger charge is -2.12. The molecule has 48 heavy (non-hydrogen) atoms. The molecule has 0 radical (unpaired) electrons. The Kier molecular flexibility index (Phi) is 3.94. The number of rotatable bonds is 4. The van der Waals surface area contributed by atoms with Gasteiger partial charge in [0.1, 0.15) is 11.2 Å². The van der Waals surface area contributed by atoms with Crippen LogP contribution in [0, 0.1) is 0 Å². The van der Waals surface area contributed by atoms with Crippen LogP contribution in [0.3, 0.4) is 0 Å². The summed E-state index contributed by atoms with van der Waals surface area (Å²) in [7, 11) is 0. The van der Waals surface area contributed by atoms with Crippen LogP contribution < -0.4 is 0 Å². The Balaban J connectivity index is 1.25. The van der Waals surface area contributed by atoms with Gasteiger partial charge in [0.15, 0.2) is 17.5 Å². The Morgan fingerprint density at radius 2 is 1.23 bits per heavy atom. The number of nitrogens with zero attached hydrogens (tertiary/aromatic N) is 3. The molecule has 0 aliphatic rings. The predicted molar refractivity (Wildman–Crippen MR) is 199 cm³/mol. The van der Waals surface area contributed by atoms with Crippen molar-refractivity contribution >= 4 is 64.2 Å². The Morgan fingerprint density at radius 1 is 0.479 bits per heavy atom. The molecule has 0 fully saturated rings. The fourth-order valence-electron chi connectivity index (χ4n) is 6.17. The number of thiophene rings is 1. The quantitative estimate of drug-likeness (QED) is 0.191. The largest absolute Gasteiger partial charge is 0.456 e. The van der Waals surface area contributed by atoms with Crippen molar-refractivity contribution in [2.75, 3.05) is 0 Å². The van der Waals surface area contributed by atoms with Crippen molar-refractivity contribution in [3.05, 3.63) is 151 Å². The van der Waals surface area contributed by atoms with Gasteiger partial charge < -0.3 is 4.42 Å². The van der Waals surface area contributed by atoms with Crippen molar-refractivity contribution in [2.24, 2.45) is 0 Å². The van der Waals surface area contributed by atoms with Gasteiger partial charge in [0.2, 0.25) is 0 Å². The molecule has 10 aromatic rings. The number of aromatic nitrogens is 3. The summed E-state index contributed by atoms with van der Waals surface area (Å²) in [5.41, 5.74) is 3.42. The number of furan rings is 1. The molecule has 224 valence electrons. The molecule has 0 bridgehead atoms. The van der Waals surface area contributed by atoms with Gasteiger partial charge in [-0.25, -0.2) is 15.0 Å². The highest BCUT2D eigenvalue weighted by Crippen LogP contribution is 2.40. The third kappa shape index (κ3) is 4.33. The van der Waals surface area contributed by atoms with Gasteiger partial charge in [-0.15, -0.1) is 11.3 Å². The minimum Gasteiger partial charge on any atom is -0.456 e. The molecule has 0 saturated carbocycles. The molecule has 3 aromatic heterocycles. The molecule has 0 aliphatic heterocycles. The van der Waals surface area contributed by atoms with Crippen LogP contribution in [0.25, 0.3) is 98.2 Å². The van der Waals surface area contributed by atoms with E-state index in [9.17, 15) is 1.37 Å². The van der Waals surface area contributed by atoms with Crippen LogP contribution >= 0.6 is 11.3 Å². The number of benzene rings is 7. The van der Waals surface area contributed by atoms with Gasteiger partial charge in [0, 0.05) is 47.6 Å². The molecule has 7 aromatic carbocycles. The Bertz CT molecular complexity index is 3520. The van der Waals surface area contributed by atoms with E-state index in [1.54, 1.807) is 12.1 Å². The van der Waals surface area contributed by atoms with Crippen LogP contribution in [0.4, 0.5) is 0 Å². The summed E-state index contributed by atoms with van der Waals surface area (Å²) in [5, 5.41) is 3.53. The lowest BCUT2D eigenvalue weighted by Crippen LogP contribution is -2.00. The number of para-hydroxylation sites is 1. The minimum absolute atomic E-state index is 0.00177. The summed E-state index contributed by atoms with van der Waals surface area (Å²) in [6, 6.07) is 19.0. The molecule has 0 atom stereocenters. The summed E-state index contributed by atoms with van der Waals surface area (Å²) in [6.45, 7) is 0. The SMILES string of the molecule is [2H]c1c([2H])c([2H])c(-c2nc(-c3cccc4cc(-c5ccc6oc7ccccc7c6c5)ccc34)nc(-c3c([2H])c([2H])c([2H])c4sc5c([2H])c([2H])c([2H])c([2H])c5c34)n2)c([2H])c1[2H]. The van der Waals surface area contributed by atoms with E-state index in [1.165, 1.54) is 0 Å². The average Bonchev–Trinajstić information content (AvgIpc) is 3.84. The first-order valence-electron chi connectivity index (χ1n) is 21.0. The Hall–Kier alpha value is -6.17. The molecule has 3 heterocycles. The molecule has 0 amide bonds. The fraction of sp³-hybridized carbons (Fsp3) is 0. The van der Waals surface area contributed by atoms with Gasteiger partial charge in [0.25, 0.3) is 0 Å². The third-order valence-electron chi connectivity index (χ3n) is 8.36. The molecule has 0 saturated heterocycles. The summed E-state index contributed by atoms with van der Waals surface area (Å²) in [4.78, 5) is 14.2. The molecule has 4 nitrogen and oxygen atoms in total. The molecule has 10 rings (SSSR count). The zero-order chi connectivity index (χ0) is 42.0. The lowest BCUT2D eigenvalue weighted by molar-refractivity contribution is 0.669. The normalized spacial score (nSPS) is 15.2. The van der Waals surface area contributed by atoms with Crippen molar-refractivity contribution in [2.45, 2.75) is 0 Å². The molecule has 5 heteroatoms. The smallest absolute Gasteiger partial charge is 0.164 e. The van der Waals surface area contributed by atoms with Crippen molar-refractivity contribution in [3.63, 3.8) is 0 Å². The van der Waals surface area contributed by atoms with Crippen LogP contribution in [-0.2, 0) is 0 Å². The van der Waals surface area contributed by atoms with Crippen molar-refractivity contribution in [3.8, 4) is 45.3 Å². The average molecular weight is 644 g/mol. The minimum atomic E-state index is -0.621. The van der Waals surface area contributed by atoms with Crippen molar-refractivity contribution < 1.29 is 20.9 Å². The van der Waals surface area contributed by atoms with Gasteiger partial charge in [-0.2, -0.15) is 0 Å². The van der Waals surface area contributed by atoms with E-state index < -0.39 is 60.4 Å². The zero-order valence-corrected chi connectivity index (χ0v) is 25.5. The highest BCUT2D eigenvalue weighted by atomic mass is 32.1. The van der Waals surface area contributed by atoms with Crippen molar-refractivity contribution in [1.29, 1.82) is 0 Å². The van der Waals surface area contributed by atoms with Gasteiger partial charge in [-0.3, -0.25) is 0 Å². The summed E-state index contributed by atoms with van der Waals surface area (Å²) >= 11 is 0.889. The first-order valence-corrected chi connectivity index (χ1v) is 15.8. The maximum atomic E-state index is 9.18. The number of fused-ring (bicyclic) bond motifs is 7. The summed E-state index contributed by atoms with van der Waals surface area (Å²) in [5.74, 6) is -0.578. The second kappa shape index (κ2) is 10.7. The van der Waals surface area contributed by atoms with E-state index >= 15 is 0 Å². The van der Waals surface area contributed by atoms with E-state index in [0.717, 1.165) is 49.8 Å². The maximum Gasteiger partial charge on any atom is 0.164 e. The first kappa shape index (κ1) is 17.7. The van der Waals surface area contributed by atoms with E-state index in [2.05, 4.69) is 11.1 Å². The monoisotopic (exact) mass is 643 g/mol. The Morgan fingerprint density at radius 3 is 2.17 bits per heavy atom. The van der Waals surface area contributed by atoms with E-state index in [4.69, 9.17) is 29.5 Å². The van der Waals surface area contributed by atoms with Crippen LogP contribution in [-0.4, -0.2) is 15.0 Å². The highest BCUT2D eigenvalue weighted by molar-refractivity contribution is 7.25. The molecule has 0 unspecified atom stereocenters. The number of hydrogen-bond donors (Lipinski definition) is 0. The molecule has 0 aliphatic carbocycles. The van der Waals surface area contributed by atoms with Crippen molar-refractivity contribution in [1.82, 2.24) is 15.0 Å². The Labute approximate surface area is 296 Å². The predicted octanol–water partition coefficient (Wildman–Crippen LogP) is 12.0. The van der Waals surface area contributed by atoms with E-state index in [-0.39, 0.29) is 60.9 Å². The molecule has 0 N–H and O–H groups in total. The van der Waals surface area contributed by atoms with Gasteiger partial charge in [0.05, 0.1) is 16.4 Å². The van der Waals surface area contributed by atoms with E-state index in [1.807, 2.05) is 60.7 Å². The summed E-state index contributed by atoms with van der Waals surface area (Å²) in [6.07, 6.45) is 0. The van der Waals surface area contributed by atoms with Crippen LogP contribution in [0.1, 0.15) is 16.4 Å². The molecule has 0 spiro atoms.